The Morgan fingerprint density at radius 1 is 1.26 bits per heavy atom. The van der Waals surface area contributed by atoms with Gasteiger partial charge in [0.15, 0.2) is 0 Å². The first-order valence-corrected chi connectivity index (χ1v) is 7.51. The zero-order valence-electron chi connectivity index (χ0n) is 10.4. The molecule has 100 valence electrons. The Labute approximate surface area is 114 Å². The van der Waals surface area contributed by atoms with Crippen LogP contribution >= 0.6 is 0 Å². The zero-order chi connectivity index (χ0) is 13.2. The van der Waals surface area contributed by atoms with E-state index in [9.17, 15) is 9.00 Å². The lowest BCUT2D eigenvalue weighted by Gasteiger charge is -2.38. The van der Waals surface area contributed by atoms with Gasteiger partial charge >= 0.3 is 6.09 Å². The van der Waals surface area contributed by atoms with Gasteiger partial charge in [-0.2, -0.15) is 0 Å². The highest BCUT2D eigenvalue weighted by Crippen LogP contribution is 2.30. The number of hydrogen-bond acceptors (Lipinski definition) is 3. The van der Waals surface area contributed by atoms with Crippen LogP contribution in [0.5, 0.6) is 0 Å². The summed E-state index contributed by atoms with van der Waals surface area (Å²) < 4.78 is 18.7. The van der Waals surface area contributed by atoms with E-state index in [1.807, 2.05) is 42.5 Å². The van der Waals surface area contributed by atoms with Gasteiger partial charge in [0.25, 0.3) is 0 Å². The number of carbonyl (C=O) groups is 1. The molecule has 2 bridgehead atoms. The van der Waals surface area contributed by atoms with E-state index in [0.29, 0.717) is 0 Å². The third-order valence-corrected chi connectivity index (χ3v) is 5.15. The van der Waals surface area contributed by atoms with E-state index in [1.165, 1.54) is 4.31 Å². The van der Waals surface area contributed by atoms with Gasteiger partial charge in [0.2, 0.25) is 0 Å². The Kier molecular flexibility index (Phi) is 3.38. The average molecular weight is 277 g/mol. The highest BCUT2D eigenvalue weighted by Gasteiger charge is 2.40. The van der Waals surface area contributed by atoms with Gasteiger partial charge in [-0.15, -0.1) is 0 Å². The molecule has 1 aromatic carbocycles. The standard InChI is InChI=1S/C14H15NO3S/c16-14(18-10-11-4-2-1-3-5-11)15-12-6-8-13(9-7-12)19(15)17/h1-6,8,12-13H,7,9-10H2/t12-,13+,19+/m0/s1. The van der Waals surface area contributed by atoms with Gasteiger partial charge in [-0.25, -0.2) is 13.3 Å². The van der Waals surface area contributed by atoms with Gasteiger partial charge in [-0.1, -0.05) is 42.5 Å². The van der Waals surface area contributed by atoms with Crippen LogP contribution in [-0.2, 0) is 22.3 Å². The molecule has 0 N–H and O–H groups in total. The summed E-state index contributed by atoms with van der Waals surface area (Å²) in [6.07, 6.45) is 5.18. The van der Waals surface area contributed by atoms with Crippen LogP contribution in [0, 0.1) is 0 Å². The summed E-state index contributed by atoms with van der Waals surface area (Å²) >= 11 is 0. The number of benzene rings is 1. The summed E-state index contributed by atoms with van der Waals surface area (Å²) in [5, 5.41) is -0.0331. The molecule has 19 heavy (non-hydrogen) atoms. The van der Waals surface area contributed by atoms with E-state index < -0.39 is 17.1 Å². The van der Waals surface area contributed by atoms with Gasteiger partial charge in [-0.3, -0.25) is 0 Å². The maximum atomic E-state index is 12.1. The fraction of sp³-hybridized carbons (Fsp3) is 0.357. The maximum Gasteiger partial charge on any atom is 0.422 e. The zero-order valence-corrected chi connectivity index (χ0v) is 11.2. The van der Waals surface area contributed by atoms with Crippen molar-refractivity contribution in [2.24, 2.45) is 0 Å². The Bertz CT molecular complexity index is 529. The molecular weight excluding hydrogens is 262 g/mol. The largest absolute Gasteiger partial charge is 0.444 e. The van der Waals surface area contributed by atoms with E-state index in [1.54, 1.807) is 0 Å². The molecule has 1 saturated heterocycles. The van der Waals surface area contributed by atoms with Crippen molar-refractivity contribution in [3.8, 4) is 0 Å². The smallest absolute Gasteiger partial charge is 0.422 e. The minimum atomic E-state index is -1.28. The summed E-state index contributed by atoms with van der Waals surface area (Å²) in [5.74, 6) is 0. The SMILES string of the molecule is O=C(OCc1ccccc1)N1[C@H]2C=C[C@H](CC2)[S@]1=O. The van der Waals surface area contributed by atoms with E-state index in [-0.39, 0.29) is 17.9 Å². The highest BCUT2D eigenvalue weighted by molar-refractivity contribution is 7.84. The lowest BCUT2D eigenvalue weighted by Crippen LogP contribution is -2.50. The number of hydrogen-bond donors (Lipinski definition) is 0. The van der Waals surface area contributed by atoms with E-state index in [4.69, 9.17) is 4.74 Å². The number of nitrogens with zero attached hydrogens (tertiary/aromatic N) is 1. The molecule has 5 heteroatoms. The van der Waals surface area contributed by atoms with Crippen LogP contribution in [0.25, 0.3) is 0 Å². The minimum Gasteiger partial charge on any atom is -0.444 e. The summed E-state index contributed by atoms with van der Waals surface area (Å²) in [7, 11) is -1.28. The molecule has 2 aliphatic heterocycles. The first kappa shape index (κ1) is 12.4. The molecule has 1 amide bonds. The van der Waals surface area contributed by atoms with Crippen molar-refractivity contribution in [1.82, 2.24) is 4.31 Å². The van der Waals surface area contributed by atoms with E-state index in [2.05, 4.69) is 0 Å². The molecule has 4 rings (SSSR count). The van der Waals surface area contributed by atoms with Crippen LogP contribution in [0.2, 0.25) is 0 Å². The van der Waals surface area contributed by atoms with Gasteiger partial charge in [-0.05, 0) is 18.4 Å². The molecule has 3 atom stereocenters. The molecule has 0 spiro atoms. The molecule has 2 heterocycles. The van der Waals surface area contributed by atoms with Crippen molar-refractivity contribution in [3.05, 3.63) is 48.0 Å². The fourth-order valence-corrected chi connectivity index (χ4v) is 3.91. The first-order valence-electron chi connectivity index (χ1n) is 6.34. The van der Waals surface area contributed by atoms with Crippen LogP contribution in [0.3, 0.4) is 0 Å². The molecule has 1 aromatic rings. The Morgan fingerprint density at radius 2 is 2.05 bits per heavy atom. The quantitative estimate of drug-likeness (QED) is 0.780. The summed E-state index contributed by atoms with van der Waals surface area (Å²) in [5.41, 5.74) is 0.930. The summed E-state index contributed by atoms with van der Waals surface area (Å²) in [4.78, 5) is 12.0. The Hall–Kier alpha value is -1.62. The van der Waals surface area contributed by atoms with Crippen LogP contribution in [0.15, 0.2) is 42.5 Å². The van der Waals surface area contributed by atoms with Gasteiger partial charge in [0.1, 0.15) is 17.6 Å². The molecule has 1 fully saturated rings. The monoisotopic (exact) mass is 277 g/mol. The number of carbonyl (C=O) groups excluding carboxylic acids is 1. The molecule has 1 aliphatic carbocycles. The molecule has 3 aliphatic rings. The summed E-state index contributed by atoms with van der Waals surface area (Å²) in [6.45, 7) is 0.217. The Balaban J connectivity index is 1.65. The van der Waals surface area contributed by atoms with Gasteiger partial charge < -0.3 is 4.74 Å². The molecule has 0 radical (unpaired) electrons. The first-order chi connectivity index (χ1) is 9.25. The molecule has 0 aromatic heterocycles. The van der Waals surface area contributed by atoms with Crippen LogP contribution in [0.1, 0.15) is 18.4 Å². The summed E-state index contributed by atoms with van der Waals surface area (Å²) in [6, 6.07) is 9.42. The van der Waals surface area contributed by atoms with Crippen molar-refractivity contribution in [3.63, 3.8) is 0 Å². The van der Waals surface area contributed by atoms with Crippen LogP contribution in [0.4, 0.5) is 4.79 Å². The second kappa shape index (κ2) is 5.17. The molecule has 0 unspecified atom stereocenters. The maximum absolute atomic E-state index is 12.1. The number of rotatable bonds is 2. The molecular formula is C14H15NO3S. The highest BCUT2D eigenvalue weighted by atomic mass is 32.2. The van der Waals surface area contributed by atoms with E-state index >= 15 is 0 Å². The van der Waals surface area contributed by atoms with Crippen molar-refractivity contribution in [2.45, 2.75) is 30.7 Å². The van der Waals surface area contributed by atoms with Crippen LogP contribution < -0.4 is 0 Å². The minimum absolute atomic E-state index is 0.0331. The number of ether oxygens (including phenoxy) is 1. The predicted molar refractivity (Wildman–Crippen MR) is 72.6 cm³/mol. The van der Waals surface area contributed by atoms with E-state index in [0.717, 1.165) is 18.4 Å². The van der Waals surface area contributed by atoms with Crippen LogP contribution in [-0.4, -0.2) is 25.9 Å². The molecule has 4 nitrogen and oxygen atoms in total. The van der Waals surface area contributed by atoms with Crippen molar-refractivity contribution in [2.75, 3.05) is 0 Å². The number of amides is 1. The fourth-order valence-electron chi connectivity index (χ4n) is 2.41. The number of fused-ring (bicyclic) bond motifs is 2. The third kappa shape index (κ3) is 2.42. The lowest BCUT2D eigenvalue weighted by atomic mass is 10.0. The van der Waals surface area contributed by atoms with Gasteiger partial charge in [0.05, 0.1) is 11.3 Å². The second-order valence-corrected chi connectivity index (χ2v) is 6.26. The average Bonchev–Trinajstić information content (AvgIpc) is 2.47. The lowest BCUT2D eigenvalue weighted by molar-refractivity contribution is 0.112. The normalized spacial score (nSPS) is 28.4. The Morgan fingerprint density at radius 3 is 2.68 bits per heavy atom. The topological polar surface area (TPSA) is 46.6 Å². The third-order valence-electron chi connectivity index (χ3n) is 3.43. The van der Waals surface area contributed by atoms with Gasteiger partial charge in [0, 0.05) is 0 Å². The predicted octanol–water partition coefficient (Wildman–Crippen LogP) is 2.39. The molecule has 0 saturated carbocycles. The van der Waals surface area contributed by atoms with Crippen molar-refractivity contribution >= 4 is 17.1 Å². The van der Waals surface area contributed by atoms with Crippen molar-refractivity contribution < 1.29 is 13.7 Å². The van der Waals surface area contributed by atoms with Crippen molar-refractivity contribution in [1.29, 1.82) is 0 Å². The second-order valence-electron chi connectivity index (χ2n) is 4.71.